The smallest absolute Gasteiger partial charge is 0.286 e. The van der Waals surface area contributed by atoms with Crippen molar-refractivity contribution in [1.29, 1.82) is 0 Å². The Bertz CT molecular complexity index is 1540. The van der Waals surface area contributed by atoms with E-state index in [0.29, 0.717) is 21.9 Å². The van der Waals surface area contributed by atoms with Crippen LogP contribution in [0.4, 0.5) is 11.4 Å². The third-order valence-corrected chi connectivity index (χ3v) is 6.25. The van der Waals surface area contributed by atoms with Gasteiger partial charge in [0.05, 0.1) is 9.75 Å². The highest BCUT2D eigenvalue weighted by Gasteiger charge is 2.24. The first-order chi connectivity index (χ1) is 16.8. The van der Waals surface area contributed by atoms with Gasteiger partial charge in [-0.25, -0.2) is 0 Å². The van der Waals surface area contributed by atoms with Crippen molar-refractivity contribution in [2.24, 2.45) is 11.5 Å². The van der Waals surface area contributed by atoms with Crippen molar-refractivity contribution in [2.75, 3.05) is 10.6 Å². The Kier molecular flexibility index (Phi) is 5.30. The topological polar surface area (TPSA) is 171 Å². The van der Waals surface area contributed by atoms with E-state index in [4.69, 9.17) is 20.3 Å². The van der Waals surface area contributed by atoms with Gasteiger partial charge in [0.15, 0.2) is 0 Å². The molecule has 4 amide bonds. The van der Waals surface area contributed by atoms with Gasteiger partial charge in [0.1, 0.15) is 22.5 Å². The lowest BCUT2D eigenvalue weighted by Crippen LogP contribution is -2.17. The molecule has 35 heavy (non-hydrogen) atoms. The van der Waals surface area contributed by atoms with Crippen LogP contribution in [0.3, 0.4) is 0 Å². The fourth-order valence-corrected chi connectivity index (χ4v) is 4.41. The third-order valence-electron chi connectivity index (χ3n) is 5.17. The van der Waals surface area contributed by atoms with E-state index in [1.807, 2.05) is 0 Å². The number of carbonyl (C=O) groups is 4. The van der Waals surface area contributed by atoms with E-state index in [9.17, 15) is 19.2 Å². The third kappa shape index (κ3) is 3.89. The first kappa shape index (κ1) is 21.9. The maximum atomic E-state index is 12.9. The molecular weight excluding hydrogens is 472 g/mol. The average Bonchev–Trinajstić information content (AvgIpc) is 3.55. The van der Waals surface area contributed by atoms with Crippen molar-refractivity contribution in [2.45, 2.75) is 0 Å². The molecule has 0 aliphatic carbocycles. The Balaban J connectivity index is 1.41. The monoisotopic (exact) mass is 488 g/mol. The number of anilines is 2. The van der Waals surface area contributed by atoms with Crippen molar-refractivity contribution in [3.8, 4) is 0 Å². The van der Waals surface area contributed by atoms with Gasteiger partial charge in [0.25, 0.3) is 23.6 Å². The van der Waals surface area contributed by atoms with Gasteiger partial charge in [-0.3, -0.25) is 19.2 Å². The number of fused-ring (bicyclic) bond motifs is 2. The molecule has 174 valence electrons. The molecule has 5 rings (SSSR count). The van der Waals surface area contributed by atoms with Gasteiger partial charge in [-0.1, -0.05) is 24.3 Å². The van der Waals surface area contributed by atoms with Crippen LogP contribution in [0.2, 0.25) is 0 Å². The van der Waals surface area contributed by atoms with E-state index in [1.165, 1.54) is 12.1 Å². The predicted octanol–water partition coefficient (Wildman–Crippen LogP) is 3.94. The quantitative estimate of drug-likeness (QED) is 0.282. The van der Waals surface area contributed by atoms with Gasteiger partial charge < -0.3 is 30.9 Å². The van der Waals surface area contributed by atoms with Crippen LogP contribution < -0.4 is 22.1 Å². The Morgan fingerprint density at radius 1 is 0.629 bits per heavy atom. The summed E-state index contributed by atoms with van der Waals surface area (Å²) in [4.78, 5) is 49.8. The number of furan rings is 2. The molecule has 3 heterocycles. The molecular formula is C24H16N4O6S. The molecule has 6 N–H and O–H groups in total. The molecule has 0 bridgehead atoms. The first-order valence-electron chi connectivity index (χ1n) is 10.2. The van der Waals surface area contributed by atoms with E-state index >= 15 is 0 Å². The molecule has 0 spiro atoms. The molecule has 10 nitrogen and oxygen atoms in total. The lowest BCUT2D eigenvalue weighted by atomic mass is 10.2. The average molecular weight is 488 g/mol. The summed E-state index contributed by atoms with van der Waals surface area (Å²) in [6, 6.07) is 16.5. The van der Waals surface area contributed by atoms with E-state index in [2.05, 4.69) is 10.6 Å². The zero-order valence-electron chi connectivity index (χ0n) is 17.8. The zero-order chi connectivity index (χ0) is 24.7. The second kappa shape index (κ2) is 8.47. The summed E-state index contributed by atoms with van der Waals surface area (Å²) < 4.78 is 10.9. The number of thiophene rings is 1. The summed E-state index contributed by atoms with van der Waals surface area (Å²) in [6.07, 6.45) is 0. The van der Waals surface area contributed by atoms with E-state index in [0.717, 1.165) is 11.3 Å². The highest BCUT2D eigenvalue weighted by molar-refractivity contribution is 7.16. The molecule has 5 aromatic rings. The summed E-state index contributed by atoms with van der Waals surface area (Å²) in [5, 5.41) is 6.31. The van der Waals surface area contributed by atoms with Gasteiger partial charge in [0, 0.05) is 10.8 Å². The van der Waals surface area contributed by atoms with Crippen molar-refractivity contribution in [3.05, 3.63) is 81.9 Å². The van der Waals surface area contributed by atoms with Gasteiger partial charge in [-0.05, 0) is 36.4 Å². The molecule has 0 aliphatic heterocycles. The maximum Gasteiger partial charge on any atom is 0.286 e. The van der Waals surface area contributed by atoms with Gasteiger partial charge in [-0.15, -0.1) is 11.3 Å². The summed E-state index contributed by atoms with van der Waals surface area (Å²) >= 11 is 0.914. The van der Waals surface area contributed by atoms with Crippen LogP contribution in [-0.2, 0) is 0 Å². The van der Waals surface area contributed by atoms with Crippen LogP contribution >= 0.6 is 11.3 Å². The van der Waals surface area contributed by atoms with Crippen molar-refractivity contribution in [3.63, 3.8) is 0 Å². The van der Waals surface area contributed by atoms with E-state index in [-0.39, 0.29) is 32.6 Å². The highest BCUT2D eigenvalue weighted by atomic mass is 32.1. The predicted molar refractivity (Wildman–Crippen MR) is 130 cm³/mol. The van der Waals surface area contributed by atoms with Crippen LogP contribution in [0.1, 0.15) is 40.5 Å². The molecule has 0 atom stereocenters. The van der Waals surface area contributed by atoms with Crippen molar-refractivity contribution >= 4 is 68.3 Å². The van der Waals surface area contributed by atoms with Crippen molar-refractivity contribution < 1.29 is 28.0 Å². The lowest BCUT2D eigenvalue weighted by molar-refractivity contribution is 0.0968. The molecule has 0 saturated carbocycles. The lowest BCUT2D eigenvalue weighted by Gasteiger charge is -2.04. The minimum atomic E-state index is -0.833. The summed E-state index contributed by atoms with van der Waals surface area (Å²) in [6.45, 7) is 0. The molecule has 0 unspecified atom stereocenters. The zero-order valence-corrected chi connectivity index (χ0v) is 18.6. The minimum Gasteiger partial charge on any atom is -0.449 e. The number of nitrogens with two attached hydrogens (primary N) is 2. The molecule has 11 heteroatoms. The fourth-order valence-electron chi connectivity index (χ4n) is 3.62. The Hall–Kier alpha value is -4.90. The number of amides is 4. The molecule has 3 aromatic heterocycles. The molecule has 2 aromatic carbocycles. The van der Waals surface area contributed by atoms with E-state index in [1.54, 1.807) is 48.5 Å². The maximum absolute atomic E-state index is 12.9. The minimum absolute atomic E-state index is 0.147. The van der Waals surface area contributed by atoms with Crippen LogP contribution in [-0.4, -0.2) is 23.6 Å². The Morgan fingerprint density at radius 3 is 1.43 bits per heavy atom. The Morgan fingerprint density at radius 2 is 1.03 bits per heavy atom. The second-order valence-corrected chi connectivity index (χ2v) is 8.49. The van der Waals surface area contributed by atoms with Gasteiger partial charge in [0.2, 0.25) is 11.5 Å². The first-order valence-corrected chi connectivity index (χ1v) is 11.0. The largest absolute Gasteiger partial charge is 0.449 e. The molecule has 0 fully saturated rings. The molecule has 0 radical (unpaired) electrons. The summed E-state index contributed by atoms with van der Waals surface area (Å²) in [5.74, 6) is -3.15. The molecule has 0 aliphatic rings. The highest BCUT2D eigenvalue weighted by Crippen LogP contribution is 2.33. The van der Waals surface area contributed by atoms with Crippen LogP contribution in [0.15, 0.2) is 69.5 Å². The summed E-state index contributed by atoms with van der Waals surface area (Å²) in [7, 11) is 0. The van der Waals surface area contributed by atoms with Crippen LogP contribution in [0.5, 0.6) is 0 Å². The second-order valence-electron chi connectivity index (χ2n) is 7.41. The summed E-state index contributed by atoms with van der Waals surface area (Å²) in [5.41, 5.74) is 11.9. The number of hydrogen-bond acceptors (Lipinski definition) is 7. The van der Waals surface area contributed by atoms with Crippen molar-refractivity contribution in [1.82, 2.24) is 0 Å². The number of rotatable bonds is 6. The van der Waals surface area contributed by atoms with Crippen LogP contribution in [0.25, 0.3) is 21.9 Å². The van der Waals surface area contributed by atoms with Gasteiger partial charge in [-0.2, -0.15) is 0 Å². The fraction of sp³-hybridized carbons (Fsp3) is 0. The Labute approximate surface area is 200 Å². The normalized spacial score (nSPS) is 11.0. The van der Waals surface area contributed by atoms with Crippen LogP contribution in [0, 0.1) is 0 Å². The number of primary amides is 2. The number of hydrogen-bond donors (Lipinski definition) is 4. The number of carbonyl (C=O) groups excluding carboxylic acids is 4. The number of benzene rings is 2. The molecule has 0 saturated heterocycles. The SMILES string of the molecule is NC(=O)c1oc2ccccc2c1NC(=O)c1ccc(C(=O)Nc2c(C(N)=O)oc3ccccc23)s1. The van der Waals surface area contributed by atoms with Gasteiger partial charge >= 0.3 is 0 Å². The number of para-hydroxylation sites is 2. The standard InChI is InChI=1S/C24H16N4O6S/c25-21(29)19-17(11-5-1-3-7-13(11)33-19)27-23(31)15-9-10-16(35-15)24(32)28-18-12-6-2-4-8-14(12)34-20(18)22(26)30/h1-10H,(H2,25,29)(H2,26,30)(H,27,31)(H,28,32). The van der Waals surface area contributed by atoms with E-state index < -0.39 is 23.6 Å². The number of nitrogens with one attached hydrogen (secondary N) is 2.